The molecule has 0 radical (unpaired) electrons. The molecule has 1 aliphatic rings. The van der Waals surface area contributed by atoms with E-state index in [1.807, 2.05) is 19.9 Å². The molecular formula is C22H23N3O5. The molecule has 1 fully saturated rings. The molecule has 3 heterocycles. The fourth-order valence-corrected chi connectivity index (χ4v) is 3.61. The van der Waals surface area contributed by atoms with Crippen molar-refractivity contribution in [2.24, 2.45) is 0 Å². The minimum atomic E-state index is -1.01. The molecule has 1 aromatic carbocycles. The molecule has 0 aliphatic carbocycles. The van der Waals surface area contributed by atoms with Crippen molar-refractivity contribution in [2.75, 3.05) is 18.5 Å². The number of anilines is 1. The van der Waals surface area contributed by atoms with Crippen molar-refractivity contribution in [1.29, 1.82) is 0 Å². The molecule has 4 rings (SSSR count). The first-order valence-electron chi connectivity index (χ1n) is 9.79. The maximum Gasteiger partial charge on any atom is 0.337 e. The average Bonchev–Trinajstić information content (AvgIpc) is 3.21. The predicted molar refractivity (Wildman–Crippen MR) is 111 cm³/mol. The van der Waals surface area contributed by atoms with Gasteiger partial charge in [-0.25, -0.2) is 4.79 Å². The number of hydrogen-bond donors (Lipinski definition) is 2. The summed E-state index contributed by atoms with van der Waals surface area (Å²) in [6.45, 7) is 4.91. The molecule has 0 saturated carbocycles. The lowest BCUT2D eigenvalue weighted by molar-refractivity contribution is 0.0698. The number of benzene rings is 1. The summed E-state index contributed by atoms with van der Waals surface area (Å²) >= 11 is 0. The number of nitrogens with zero attached hydrogens (tertiary/aromatic N) is 2. The number of pyridine rings is 1. The molecule has 8 nitrogen and oxygen atoms in total. The molecule has 0 amide bonds. The SMILES string of the molecule is Cc1cc(C(C)Nc2ccccc2C(=O)O)c2nc(OC3CCOC3)cc(=O)n2c1. The van der Waals surface area contributed by atoms with Crippen LogP contribution in [-0.2, 0) is 4.74 Å². The van der Waals surface area contributed by atoms with E-state index in [1.165, 1.54) is 10.5 Å². The van der Waals surface area contributed by atoms with Crippen LogP contribution < -0.4 is 15.6 Å². The quantitative estimate of drug-likeness (QED) is 0.645. The Hall–Kier alpha value is -3.39. The monoisotopic (exact) mass is 409 g/mol. The van der Waals surface area contributed by atoms with E-state index in [0.717, 1.165) is 17.5 Å². The van der Waals surface area contributed by atoms with Gasteiger partial charge in [-0.15, -0.1) is 0 Å². The van der Waals surface area contributed by atoms with Crippen LogP contribution >= 0.6 is 0 Å². The summed E-state index contributed by atoms with van der Waals surface area (Å²) in [6.07, 6.45) is 2.37. The van der Waals surface area contributed by atoms with Crippen LogP contribution in [0.1, 0.15) is 40.9 Å². The first-order chi connectivity index (χ1) is 14.4. The third-order valence-electron chi connectivity index (χ3n) is 5.07. The normalized spacial score (nSPS) is 17.1. The smallest absolute Gasteiger partial charge is 0.337 e. The van der Waals surface area contributed by atoms with E-state index in [1.54, 1.807) is 30.5 Å². The summed E-state index contributed by atoms with van der Waals surface area (Å²) in [5.41, 5.74) is 2.55. The van der Waals surface area contributed by atoms with Gasteiger partial charge < -0.3 is 19.9 Å². The zero-order valence-corrected chi connectivity index (χ0v) is 16.8. The molecule has 2 atom stereocenters. The Bertz CT molecular complexity index is 1150. The molecule has 3 aromatic rings. The topological polar surface area (TPSA) is 102 Å². The number of aromatic carboxylic acids is 1. The number of nitrogens with one attached hydrogen (secondary N) is 1. The van der Waals surface area contributed by atoms with Crippen LogP contribution in [0.2, 0.25) is 0 Å². The van der Waals surface area contributed by atoms with Gasteiger partial charge in [-0.2, -0.15) is 4.98 Å². The number of rotatable bonds is 6. The summed E-state index contributed by atoms with van der Waals surface area (Å²) in [5.74, 6) is -0.748. The number of fused-ring (bicyclic) bond motifs is 1. The first kappa shape index (κ1) is 19.9. The summed E-state index contributed by atoms with van der Waals surface area (Å²) in [7, 11) is 0. The second-order valence-corrected chi connectivity index (χ2v) is 7.42. The van der Waals surface area contributed by atoms with Gasteiger partial charge in [0.1, 0.15) is 11.8 Å². The highest BCUT2D eigenvalue weighted by molar-refractivity contribution is 5.94. The predicted octanol–water partition coefficient (Wildman–Crippen LogP) is 3.04. The Morgan fingerprint density at radius 1 is 1.37 bits per heavy atom. The number of aryl methyl sites for hydroxylation is 1. The van der Waals surface area contributed by atoms with Crippen LogP contribution in [0.5, 0.6) is 5.88 Å². The Morgan fingerprint density at radius 3 is 2.90 bits per heavy atom. The second-order valence-electron chi connectivity index (χ2n) is 7.42. The summed E-state index contributed by atoms with van der Waals surface area (Å²) in [4.78, 5) is 28.8. The van der Waals surface area contributed by atoms with E-state index in [4.69, 9.17) is 9.47 Å². The Balaban J connectivity index is 1.74. The van der Waals surface area contributed by atoms with Gasteiger partial charge in [0.25, 0.3) is 5.56 Å². The van der Waals surface area contributed by atoms with E-state index >= 15 is 0 Å². The van der Waals surface area contributed by atoms with E-state index < -0.39 is 5.97 Å². The molecular weight excluding hydrogens is 386 g/mol. The van der Waals surface area contributed by atoms with Gasteiger partial charge in [-0.1, -0.05) is 12.1 Å². The molecule has 2 unspecified atom stereocenters. The van der Waals surface area contributed by atoms with Crippen LogP contribution in [0, 0.1) is 6.92 Å². The maximum absolute atomic E-state index is 12.7. The number of carboxylic acid groups (broad SMARTS) is 1. The zero-order chi connectivity index (χ0) is 21.3. The van der Waals surface area contributed by atoms with Gasteiger partial charge in [0, 0.05) is 23.9 Å². The minimum Gasteiger partial charge on any atom is -0.478 e. The number of carbonyl (C=O) groups is 1. The van der Waals surface area contributed by atoms with Crippen molar-refractivity contribution in [1.82, 2.24) is 9.38 Å². The van der Waals surface area contributed by atoms with E-state index in [0.29, 0.717) is 24.5 Å². The molecule has 1 saturated heterocycles. The molecule has 2 N–H and O–H groups in total. The first-order valence-corrected chi connectivity index (χ1v) is 9.79. The molecule has 156 valence electrons. The fourth-order valence-electron chi connectivity index (χ4n) is 3.61. The highest BCUT2D eigenvalue weighted by Crippen LogP contribution is 2.26. The zero-order valence-electron chi connectivity index (χ0n) is 16.8. The highest BCUT2D eigenvalue weighted by atomic mass is 16.5. The molecule has 1 aliphatic heterocycles. The number of carboxylic acids is 1. The largest absolute Gasteiger partial charge is 0.478 e. The van der Waals surface area contributed by atoms with Crippen molar-refractivity contribution in [3.8, 4) is 5.88 Å². The van der Waals surface area contributed by atoms with Crippen LogP contribution in [0.25, 0.3) is 5.65 Å². The van der Waals surface area contributed by atoms with Crippen molar-refractivity contribution < 1.29 is 19.4 Å². The lowest BCUT2D eigenvalue weighted by atomic mass is 10.1. The van der Waals surface area contributed by atoms with Crippen molar-refractivity contribution >= 4 is 17.3 Å². The number of hydrogen-bond acceptors (Lipinski definition) is 6. The van der Waals surface area contributed by atoms with Crippen molar-refractivity contribution in [3.05, 3.63) is 69.6 Å². The van der Waals surface area contributed by atoms with E-state index in [2.05, 4.69) is 10.3 Å². The molecule has 8 heteroatoms. The van der Waals surface area contributed by atoms with E-state index in [9.17, 15) is 14.7 Å². The van der Waals surface area contributed by atoms with Crippen LogP contribution in [0.3, 0.4) is 0 Å². The third-order valence-corrected chi connectivity index (χ3v) is 5.07. The van der Waals surface area contributed by atoms with Crippen LogP contribution in [0.4, 0.5) is 5.69 Å². The lowest BCUT2D eigenvalue weighted by Gasteiger charge is -2.20. The fraction of sp³-hybridized carbons (Fsp3) is 0.318. The maximum atomic E-state index is 12.7. The van der Waals surface area contributed by atoms with Gasteiger partial charge in [0.15, 0.2) is 0 Å². The second kappa shape index (κ2) is 8.16. The van der Waals surface area contributed by atoms with Crippen molar-refractivity contribution in [3.63, 3.8) is 0 Å². The summed E-state index contributed by atoms with van der Waals surface area (Å²) in [6, 6.07) is 9.72. The molecule has 30 heavy (non-hydrogen) atoms. The molecule has 2 aromatic heterocycles. The van der Waals surface area contributed by atoms with Crippen molar-refractivity contribution in [2.45, 2.75) is 32.4 Å². The Morgan fingerprint density at radius 2 is 2.17 bits per heavy atom. The molecule has 0 spiro atoms. The Labute approximate surface area is 173 Å². The van der Waals surface area contributed by atoms with Gasteiger partial charge in [0.2, 0.25) is 5.88 Å². The summed E-state index contributed by atoms with van der Waals surface area (Å²) in [5, 5.41) is 12.7. The highest BCUT2D eigenvalue weighted by Gasteiger charge is 2.20. The standard InChI is InChI=1S/C22H23N3O5/c1-13-9-17(14(2)23-18-6-4-3-5-16(18)22(27)28)21-24-19(10-20(26)25(21)11-13)30-15-7-8-29-12-15/h3-6,9-11,14-15,23H,7-8,12H2,1-2H3,(H,27,28). The van der Waals surface area contributed by atoms with Crippen LogP contribution in [-0.4, -0.2) is 39.8 Å². The number of ether oxygens (including phenoxy) is 2. The minimum absolute atomic E-state index is 0.119. The van der Waals surface area contributed by atoms with Crippen LogP contribution in [0.15, 0.2) is 47.4 Å². The number of aromatic nitrogens is 2. The van der Waals surface area contributed by atoms with Gasteiger partial charge >= 0.3 is 5.97 Å². The number of para-hydroxylation sites is 1. The Kier molecular flexibility index (Phi) is 5.41. The average molecular weight is 409 g/mol. The molecule has 0 bridgehead atoms. The lowest BCUT2D eigenvalue weighted by Crippen LogP contribution is -2.22. The van der Waals surface area contributed by atoms with Gasteiger partial charge in [-0.05, 0) is 37.6 Å². The third kappa shape index (κ3) is 3.99. The van der Waals surface area contributed by atoms with Gasteiger partial charge in [0.05, 0.1) is 30.9 Å². The summed E-state index contributed by atoms with van der Waals surface area (Å²) < 4.78 is 12.7. The van der Waals surface area contributed by atoms with Gasteiger partial charge in [-0.3, -0.25) is 9.20 Å². The van der Waals surface area contributed by atoms with E-state index in [-0.39, 0.29) is 29.1 Å².